The minimum atomic E-state index is -0.0546. The van der Waals surface area contributed by atoms with Gasteiger partial charge in [-0.3, -0.25) is 4.79 Å². The summed E-state index contributed by atoms with van der Waals surface area (Å²) >= 11 is 0. The molecule has 1 aliphatic heterocycles. The van der Waals surface area contributed by atoms with Gasteiger partial charge in [0.15, 0.2) is 0 Å². The van der Waals surface area contributed by atoms with Crippen LogP contribution in [-0.2, 0) is 4.79 Å². The number of hydrogen-bond donors (Lipinski definition) is 1. The molecule has 0 radical (unpaired) electrons. The van der Waals surface area contributed by atoms with E-state index in [2.05, 4.69) is 11.4 Å². The number of fused-ring (bicyclic) bond motifs is 2. The SMILES string of the molecule is COc1ccc2cc(/C=C3/C(=O)Nc4ccccc43)ccc2c1. The van der Waals surface area contributed by atoms with Crippen LogP contribution in [0.15, 0.2) is 60.7 Å². The molecule has 112 valence electrons. The number of hydrogen-bond acceptors (Lipinski definition) is 2. The van der Waals surface area contributed by atoms with E-state index in [1.54, 1.807) is 7.11 Å². The third kappa shape index (κ3) is 2.36. The summed E-state index contributed by atoms with van der Waals surface area (Å²) in [4.78, 5) is 12.2. The largest absolute Gasteiger partial charge is 0.497 e. The molecule has 0 saturated carbocycles. The lowest BCUT2D eigenvalue weighted by Crippen LogP contribution is -2.03. The van der Waals surface area contributed by atoms with E-state index < -0.39 is 0 Å². The second-order valence-electron chi connectivity index (χ2n) is 5.53. The summed E-state index contributed by atoms with van der Waals surface area (Å²) in [5.41, 5.74) is 3.53. The maximum atomic E-state index is 12.2. The highest BCUT2D eigenvalue weighted by Crippen LogP contribution is 2.33. The number of para-hydroxylation sites is 1. The van der Waals surface area contributed by atoms with Crippen LogP contribution in [0.25, 0.3) is 22.4 Å². The van der Waals surface area contributed by atoms with Crippen molar-refractivity contribution in [3.05, 3.63) is 71.8 Å². The summed E-state index contributed by atoms with van der Waals surface area (Å²) in [6, 6.07) is 19.9. The smallest absolute Gasteiger partial charge is 0.256 e. The zero-order chi connectivity index (χ0) is 15.8. The molecule has 1 aliphatic rings. The van der Waals surface area contributed by atoms with Gasteiger partial charge in [-0.15, -0.1) is 0 Å². The van der Waals surface area contributed by atoms with E-state index in [-0.39, 0.29) is 5.91 Å². The Balaban J connectivity index is 1.79. The normalized spacial score (nSPS) is 14.8. The van der Waals surface area contributed by atoms with Crippen molar-refractivity contribution in [2.24, 2.45) is 0 Å². The summed E-state index contributed by atoms with van der Waals surface area (Å²) in [7, 11) is 1.66. The molecule has 0 fully saturated rings. The first kappa shape index (κ1) is 13.6. The Kier molecular flexibility index (Phi) is 3.12. The van der Waals surface area contributed by atoms with Gasteiger partial charge in [-0.05, 0) is 46.7 Å². The van der Waals surface area contributed by atoms with Crippen molar-refractivity contribution in [2.45, 2.75) is 0 Å². The lowest BCUT2D eigenvalue weighted by Gasteiger charge is -2.04. The molecule has 3 nitrogen and oxygen atoms in total. The predicted molar refractivity (Wildman–Crippen MR) is 93.4 cm³/mol. The molecule has 0 aliphatic carbocycles. The fourth-order valence-electron chi connectivity index (χ4n) is 2.91. The lowest BCUT2D eigenvalue weighted by molar-refractivity contribution is -0.110. The molecule has 0 aromatic heterocycles. The molecule has 1 heterocycles. The average molecular weight is 301 g/mol. The number of carbonyl (C=O) groups is 1. The van der Waals surface area contributed by atoms with Gasteiger partial charge in [-0.25, -0.2) is 0 Å². The van der Waals surface area contributed by atoms with Crippen LogP contribution < -0.4 is 10.1 Å². The molecule has 0 bridgehead atoms. The van der Waals surface area contributed by atoms with Gasteiger partial charge in [0, 0.05) is 16.8 Å². The Morgan fingerprint density at radius 1 is 0.957 bits per heavy atom. The quantitative estimate of drug-likeness (QED) is 0.715. The average Bonchev–Trinajstić information content (AvgIpc) is 2.90. The Labute approximate surface area is 134 Å². The zero-order valence-electron chi connectivity index (χ0n) is 12.7. The monoisotopic (exact) mass is 301 g/mol. The van der Waals surface area contributed by atoms with Gasteiger partial charge in [0.1, 0.15) is 5.75 Å². The lowest BCUT2D eigenvalue weighted by atomic mass is 10.0. The highest BCUT2D eigenvalue weighted by Gasteiger charge is 2.23. The molecule has 3 aromatic rings. The van der Waals surface area contributed by atoms with Gasteiger partial charge < -0.3 is 10.1 Å². The van der Waals surface area contributed by atoms with E-state index in [1.807, 2.05) is 60.7 Å². The van der Waals surface area contributed by atoms with Crippen molar-refractivity contribution >= 4 is 34.0 Å². The summed E-state index contributed by atoms with van der Waals surface area (Å²) in [6.45, 7) is 0. The Bertz CT molecular complexity index is 957. The molecule has 0 unspecified atom stereocenters. The first-order valence-corrected chi connectivity index (χ1v) is 7.45. The number of nitrogens with one attached hydrogen (secondary N) is 1. The van der Waals surface area contributed by atoms with Crippen molar-refractivity contribution in [1.82, 2.24) is 0 Å². The van der Waals surface area contributed by atoms with Gasteiger partial charge in [0.05, 0.1) is 7.11 Å². The molecule has 3 heteroatoms. The van der Waals surface area contributed by atoms with E-state index in [0.717, 1.165) is 33.3 Å². The van der Waals surface area contributed by atoms with E-state index >= 15 is 0 Å². The molecule has 1 N–H and O–H groups in total. The Hall–Kier alpha value is -3.07. The number of rotatable bonds is 2. The van der Waals surface area contributed by atoms with Crippen LogP contribution >= 0.6 is 0 Å². The third-order valence-electron chi connectivity index (χ3n) is 4.09. The van der Waals surface area contributed by atoms with Crippen LogP contribution in [-0.4, -0.2) is 13.0 Å². The highest BCUT2D eigenvalue weighted by atomic mass is 16.5. The number of carbonyl (C=O) groups excluding carboxylic acids is 1. The number of ether oxygens (including phenoxy) is 1. The molecule has 3 aromatic carbocycles. The van der Waals surface area contributed by atoms with Crippen LogP contribution in [0.3, 0.4) is 0 Å². The van der Waals surface area contributed by atoms with Crippen molar-refractivity contribution in [1.29, 1.82) is 0 Å². The van der Waals surface area contributed by atoms with Crippen LogP contribution in [0, 0.1) is 0 Å². The minimum Gasteiger partial charge on any atom is -0.497 e. The van der Waals surface area contributed by atoms with E-state index in [4.69, 9.17) is 4.74 Å². The Morgan fingerprint density at radius 2 is 1.74 bits per heavy atom. The fourth-order valence-corrected chi connectivity index (χ4v) is 2.91. The first-order valence-electron chi connectivity index (χ1n) is 7.45. The summed E-state index contributed by atoms with van der Waals surface area (Å²) in [5, 5.41) is 5.13. The van der Waals surface area contributed by atoms with Gasteiger partial charge >= 0.3 is 0 Å². The molecule has 0 spiro atoms. The predicted octanol–water partition coefficient (Wildman–Crippen LogP) is 4.34. The molecular weight excluding hydrogens is 286 g/mol. The third-order valence-corrected chi connectivity index (χ3v) is 4.09. The van der Waals surface area contributed by atoms with Crippen LogP contribution in [0.2, 0.25) is 0 Å². The second kappa shape index (κ2) is 5.29. The molecule has 4 rings (SSSR count). The Morgan fingerprint density at radius 3 is 2.61 bits per heavy atom. The summed E-state index contributed by atoms with van der Waals surface area (Å²) in [5.74, 6) is 0.786. The van der Waals surface area contributed by atoms with Gasteiger partial charge in [-0.1, -0.05) is 36.4 Å². The molecule has 1 amide bonds. The van der Waals surface area contributed by atoms with Crippen LogP contribution in [0.1, 0.15) is 11.1 Å². The molecular formula is C20H15NO2. The highest BCUT2D eigenvalue weighted by molar-refractivity contribution is 6.34. The number of benzene rings is 3. The van der Waals surface area contributed by atoms with E-state index in [0.29, 0.717) is 5.57 Å². The van der Waals surface area contributed by atoms with Crippen LogP contribution in [0.4, 0.5) is 5.69 Å². The first-order chi connectivity index (χ1) is 11.2. The maximum Gasteiger partial charge on any atom is 0.256 e. The van der Waals surface area contributed by atoms with E-state index in [9.17, 15) is 4.79 Å². The number of methoxy groups -OCH3 is 1. The van der Waals surface area contributed by atoms with Gasteiger partial charge in [0.2, 0.25) is 0 Å². The van der Waals surface area contributed by atoms with Gasteiger partial charge in [-0.2, -0.15) is 0 Å². The van der Waals surface area contributed by atoms with Crippen molar-refractivity contribution < 1.29 is 9.53 Å². The summed E-state index contributed by atoms with van der Waals surface area (Å²) in [6.07, 6.45) is 1.94. The second-order valence-corrected chi connectivity index (χ2v) is 5.53. The topological polar surface area (TPSA) is 38.3 Å². The van der Waals surface area contributed by atoms with E-state index in [1.165, 1.54) is 0 Å². The standard InChI is InChI=1S/C20H15NO2/c1-23-16-9-8-14-10-13(6-7-15(14)12-16)11-18-17-4-2-3-5-19(17)21-20(18)22/h2-12H,1H3,(H,21,22)/b18-11+. The summed E-state index contributed by atoms with van der Waals surface area (Å²) < 4.78 is 5.25. The minimum absolute atomic E-state index is 0.0546. The maximum absolute atomic E-state index is 12.2. The number of amides is 1. The molecule has 0 saturated heterocycles. The fraction of sp³-hybridized carbons (Fsp3) is 0.0500. The van der Waals surface area contributed by atoms with Crippen LogP contribution in [0.5, 0.6) is 5.75 Å². The van der Waals surface area contributed by atoms with Crippen molar-refractivity contribution in [2.75, 3.05) is 12.4 Å². The van der Waals surface area contributed by atoms with Gasteiger partial charge in [0.25, 0.3) is 5.91 Å². The van der Waals surface area contributed by atoms with Crippen molar-refractivity contribution in [3.8, 4) is 5.75 Å². The zero-order valence-corrected chi connectivity index (χ0v) is 12.7. The molecule has 0 atom stereocenters. The van der Waals surface area contributed by atoms with Crippen molar-refractivity contribution in [3.63, 3.8) is 0 Å². The molecule has 23 heavy (non-hydrogen) atoms. The number of anilines is 1.